The van der Waals surface area contributed by atoms with E-state index < -0.39 is 0 Å². The Morgan fingerprint density at radius 3 is 2.71 bits per heavy atom. The SMILES string of the molecule is CN(C)CCNCCOCc1ccccc1Cl. The molecule has 0 fully saturated rings. The Bertz CT molecular complexity index is 318. The molecular weight excluding hydrogens is 236 g/mol. The molecule has 1 N–H and O–H groups in total. The number of halogens is 1. The minimum Gasteiger partial charge on any atom is -0.375 e. The van der Waals surface area contributed by atoms with Gasteiger partial charge in [-0.2, -0.15) is 0 Å². The quantitative estimate of drug-likeness (QED) is 0.720. The summed E-state index contributed by atoms with van der Waals surface area (Å²) in [5.74, 6) is 0. The average Bonchev–Trinajstić information content (AvgIpc) is 2.30. The second-order valence-electron chi connectivity index (χ2n) is 4.20. The highest BCUT2D eigenvalue weighted by Gasteiger charge is 1.98. The highest BCUT2D eigenvalue weighted by molar-refractivity contribution is 6.31. The zero-order valence-electron chi connectivity index (χ0n) is 10.6. The van der Waals surface area contributed by atoms with Crippen LogP contribution >= 0.6 is 11.6 Å². The van der Waals surface area contributed by atoms with Gasteiger partial charge in [0.1, 0.15) is 0 Å². The van der Waals surface area contributed by atoms with Gasteiger partial charge in [-0.05, 0) is 25.7 Å². The van der Waals surface area contributed by atoms with Crippen molar-refractivity contribution >= 4 is 11.6 Å². The molecular formula is C13H21ClN2O. The highest BCUT2D eigenvalue weighted by atomic mass is 35.5. The standard InChI is InChI=1S/C13H21ClN2O/c1-16(2)9-7-15-8-10-17-11-12-5-3-4-6-13(12)14/h3-6,15H,7-11H2,1-2H3. The van der Waals surface area contributed by atoms with Crippen LogP contribution in [0.1, 0.15) is 5.56 Å². The molecule has 0 unspecified atom stereocenters. The minimum atomic E-state index is 0.578. The van der Waals surface area contributed by atoms with E-state index in [0.29, 0.717) is 13.2 Å². The fraction of sp³-hybridized carbons (Fsp3) is 0.538. The highest BCUT2D eigenvalue weighted by Crippen LogP contribution is 2.15. The first-order chi connectivity index (χ1) is 8.20. The molecule has 0 atom stereocenters. The molecule has 1 aromatic rings. The molecule has 0 saturated heterocycles. The van der Waals surface area contributed by atoms with Gasteiger partial charge in [-0.3, -0.25) is 0 Å². The van der Waals surface area contributed by atoms with E-state index in [9.17, 15) is 0 Å². The lowest BCUT2D eigenvalue weighted by molar-refractivity contribution is 0.122. The maximum atomic E-state index is 6.02. The monoisotopic (exact) mass is 256 g/mol. The summed E-state index contributed by atoms with van der Waals surface area (Å²) in [5.41, 5.74) is 1.04. The summed E-state index contributed by atoms with van der Waals surface area (Å²) in [6.07, 6.45) is 0. The first-order valence-electron chi connectivity index (χ1n) is 5.86. The predicted octanol–water partition coefficient (Wildman–Crippen LogP) is 2.01. The normalized spacial score (nSPS) is 11.1. The van der Waals surface area contributed by atoms with Gasteiger partial charge >= 0.3 is 0 Å². The van der Waals surface area contributed by atoms with E-state index in [1.807, 2.05) is 24.3 Å². The van der Waals surface area contributed by atoms with Gasteiger partial charge in [-0.1, -0.05) is 29.8 Å². The van der Waals surface area contributed by atoms with Gasteiger partial charge in [-0.15, -0.1) is 0 Å². The first kappa shape index (κ1) is 14.5. The van der Waals surface area contributed by atoms with E-state index in [-0.39, 0.29) is 0 Å². The molecule has 96 valence electrons. The van der Waals surface area contributed by atoms with E-state index in [1.165, 1.54) is 0 Å². The van der Waals surface area contributed by atoms with Crippen LogP contribution in [0.3, 0.4) is 0 Å². The number of hydrogen-bond donors (Lipinski definition) is 1. The van der Waals surface area contributed by atoms with Gasteiger partial charge in [-0.25, -0.2) is 0 Å². The van der Waals surface area contributed by atoms with Crippen LogP contribution in [0.25, 0.3) is 0 Å². The lowest BCUT2D eigenvalue weighted by atomic mass is 10.2. The van der Waals surface area contributed by atoms with Crippen molar-refractivity contribution in [2.75, 3.05) is 40.3 Å². The lowest BCUT2D eigenvalue weighted by Gasteiger charge is -2.10. The summed E-state index contributed by atoms with van der Waals surface area (Å²) >= 11 is 6.02. The topological polar surface area (TPSA) is 24.5 Å². The summed E-state index contributed by atoms with van der Waals surface area (Å²) in [5, 5.41) is 4.09. The second kappa shape index (κ2) is 8.48. The van der Waals surface area contributed by atoms with E-state index in [4.69, 9.17) is 16.3 Å². The molecule has 0 spiro atoms. The van der Waals surface area contributed by atoms with Crippen LogP contribution in [-0.2, 0) is 11.3 Å². The van der Waals surface area contributed by atoms with E-state index in [0.717, 1.165) is 30.2 Å². The molecule has 1 aromatic carbocycles. The largest absolute Gasteiger partial charge is 0.375 e. The van der Waals surface area contributed by atoms with Gasteiger partial charge in [0.05, 0.1) is 13.2 Å². The average molecular weight is 257 g/mol. The molecule has 0 aromatic heterocycles. The summed E-state index contributed by atoms with van der Waals surface area (Å²) in [6.45, 7) is 4.19. The van der Waals surface area contributed by atoms with Crippen LogP contribution < -0.4 is 5.32 Å². The van der Waals surface area contributed by atoms with Gasteiger partial charge < -0.3 is 15.0 Å². The number of rotatable bonds is 8. The molecule has 0 aliphatic rings. The number of benzene rings is 1. The van der Waals surface area contributed by atoms with Crippen molar-refractivity contribution in [2.45, 2.75) is 6.61 Å². The van der Waals surface area contributed by atoms with E-state index >= 15 is 0 Å². The smallest absolute Gasteiger partial charge is 0.0731 e. The van der Waals surface area contributed by atoms with Crippen molar-refractivity contribution in [1.29, 1.82) is 0 Å². The van der Waals surface area contributed by atoms with Crippen molar-refractivity contribution in [3.8, 4) is 0 Å². The summed E-state index contributed by atoms with van der Waals surface area (Å²) in [4.78, 5) is 2.15. The third-order valence-electron chi connectivity index (χ3n) is 2.37. The maximum Gasteiger partial charge on any atom is 0.0731 e. The third kappa shape index (κ3) is 6.64. The Labute approximate surface area is 109 Å². The number of nitrogens with one attached hydrogen (secondary N) is 1. The van der Waals surface area contributed by atoms with Crippen molar-refractivity contribution in [3.05, 3.63) is 34.9 Å². The van der Waals surface area contributed by atoms with Crippen LogP contribution in [0, 0.1) is 0 Å². The Hall–Kier alpha value is -0.610. The maximum absolute atomic E-state index is 6.02. The fourth-order valence-corrected chi connectivity index (χ4v) is 1.56. The number of ether oxygens (including phenoxy) is 1. The minimum absolute atomic E-state index is 0.578. The molecule has 0 radical (unpaired) electrons. The zero-order chi connectivity index (χ0) is 12.5. The predicted molar refractivity (Wildman–Crippen MR) is 72.5 cm³/mol. The van der Waals surface area contributed by atoms with Crippen LogP contribution in [-0.4, -0.2) is 45.2 Å². The molecule has 0 aliphatic heterocycles. The Balaban J connectivity index is 2.03. The second-order valence-corrected chi connectivity index (χ2v) is 4.60. The van der Waals surface area contributed by atoms with Crippen molar-refractivity contribution < 1.29 is 4.74 Å². The summed E-state index contributed by atoms with van der Waals surface area (Å²) in [7, 11) is 4.13. The molecule has 0 heterocycles. The van der Waals surface area contributed by atoms with Gasteiger partial charge in [0.25, 0.3) is 0 Å². The van der Waals surface area contributed by atoms with E-state index in [1.54, 1.807) is 0 Å². The van der Waals surface area contributed by atoms with E-state index in [2.05, 4.69) is 24.3 Å². The van der Waals surface area contributed by atoms with Gasteiger partial charge in [0, 0.05) is 24.7 Å². The Morgan fingerprint density at radius 2 is 2.00 bits per heavy atom. The summed E-state index contributed by atoms with van der Waals surface area (Å²) < 4.78 is 5.55. The van der Waals surface area contributed by atoms with Crippen LogP contribution in [0.2, 0.25) is 5.02 Å². The number of hydrogen-bond acceptors (Lipinski definition) is 3. The zero-order valence-corrected chi connectivity index (χ0v) is 11.3. The Morgan fingerprint density at radius 1 is 1.24 bits per heavy atom. The first-order valence-corrected chi connectivity index (χ1v) is 6.24. The Kier molecular flexibility index (Phi) is 7.21. The van der Waals surface area contributed by atoms with Crippen LogP contribution in [0.5, 0.6) is 0 Å². The molecule has 0 bridgehead atoms. The molecule has 4 heteroatoms. The number of likely N-dealkylation sites (N-methyl/N-ethyl adjacent to an activating group) is 1. The van der Waals surface area contributed by atoms with Crippen molar-refractivity contribution in [2.24, 2.45) is 0 Å². The van der Waals surface area contributed by atoms with Gasteiger partial charge in [0.2, 0.25) is 0 Å². The lowest BCUT2D eigenvalue weighted by Crippen LogP contribution is -2.28. The van der Waals surface area contributed by atoms with Crippen molar-refractivity contribution in [3.63, 3.8) is 0 Å². The fourth-order valence-electron chi connectivity index (χ4n) is 1.37. The molecule has 0 saturated carbocycles. The molecule has 1 rings (SSSR count). The van der Waals surface area contributed by atoms with Gasteiger partial charge in [0.15, 0.2) is 0 Å². The molecule has 17 heavy (non-hydrogen) atoms. The molecule has 0 aliphatic carbocycles. The third-order valence-corrected chi connectivity index (χ3v) is 2.74. The van der Waals surface area contributed by atoms with Crippen LogP contribution in [0.15, 0.2) is 24.3 Å². The van der Waals surface area contributed by atoms with Crippen molar-refractivity contribution in [1.82, 2.24) is 10.2 Å². The molecule has 3 nitrogen and oxygen atoms in total. The van der Waals surface area contributed by atoms with Crippen LogP contribution in [0.4, 0.5) is 0 Å². The number of nitrogens with zero attached hydrogens (tertiary/aromatic N) is 1. The molecule has 0 amide bonds. The summed E-state index contributed by atoms with van der Waals surface area (Å²) in [6, 6.07) is 7.77.